The quantitative estimate of drug-likeness (QED) is 0.646. The molecular formula is C13H8F4N2S. The van der Waals surface area contributed by atoms with Crippen LogP contribution in [-0.4, -0.2) is 5.11 Å². The zero-order valence-corrected chi connectivity index (χ0v) is 10.7. The van der Waals surface area contributed by atoms with Crippen LogP contribution < -0.4 is 10.6 Å². The van der Waals surface area contributed by atoms with Crippen molar-refractivity contribution in [1.29, 1.82) is 0 Å². The minimum Gasteiger partial charge on any atom is -0.332 e. The maximum atomic E-state index is 13.4. The molecule has 20 heavy (non-hydrogen) atoms. The number of rotatable bonds is 2. The van der Waals surface area contributed by atoms with Crippen molar-refractivity contribution in [2.45, 2.75) is 0 Å². The van der Waals surface area contributed by atoms with Crippen LogP contribution in [-0.2, 0) is 0 Å². The molecule has 0 aromatic heterocycles. The largest absolute Gasteiger partial charge is 0.332 e. The summed E-state index contributed by atoms with van der Waals surface area (Å²) < 4.78 is 51.8. The summed E-state index contributed by atoms with van der Waals surface area (Å²) in [6.45, 7) is 0. The van der Waals surface area contributed by atoms with Crippen molar-refractivity contribution in [1.82, 2.24) is 0 Å². The molecule has 0 aliphatic heterocycles. The SMILES string of the molecule is Fc1ccc(NC(=S)Nc2ccc(F)c(F)c2)c(F)c1. The summed E-state index contributed by atoms with van der Waals surface area (Å²) in [5.41, 5.74) is 0.162. The van der Waals surface area contributed by atoms with Crippen molar-refractivity contribution in [3.8, 4) is 0 Å². The number of hydrogen-bond acceptors (Lipinski definition) is 1. The van der Waals surface area contributed by atoms with Gasteiger partial charge in [0.1, 0.15) is 11.6 Å². The molecular weight excluding hydrogens is 292 g/mol. The van der Waals surface area contributed by atoms with Gasteiger partial charge in [-0.2, -0.15) is 0 Å². The molecule has 2 aromatic rings. The van der Waals surface area contributed by atoms with Crippen LogP contribution in [0.2, 0.25) is 0 Å². The van der Waals surface area contributed by atoms with Gasteiger partial charge in [0.05, 0.1) is 5.69 Å². The van der Waals surface area contributed by atoms with Crippen LogP contribution in [0.25, 0.3) is 0 Å². The second-order valence-corrected chi connectivity index (χ2v) is 4.24. The standard InChI is InChI=1S/C13H8F4N2S/c14-7-1-4-12(11(17)5-7)19-13(20)18-8-2-3-9(15)10(16)6-8/h1-6H,(H2,18,19,20). The normalized spacial score (nSPS) is 10.2. The number of nitrogens with one attached hydrogen (secondary N) is 2. The Bertz CT molecular complexity index is 661. The highest BCUT2D eigenvalue weighted by molar-refractivity contribution is 7.80. The van der Waals surface area contributed by atoms with E-state index >= 15 is 0 Å². The van der Waals surface area contributed by atoms with E-state index in [0.29, 0.717) is 6.07 Å². The summed E-state index contributed by atoms with van der Waals surface area (Å²) >= 11 is 4.89. The predicted molar refractivity (Wildman–Crippen MR) is 72.6 cm³/mol. The van der Waals surface area contributed by atoms with Crippen molar-refractivity contribution >= 4 is 28.7 Å². The van der Waals surface area contributed by atoms with Gasteiger partial charge in [-0.15, -0.1) is 0 Å². The van der Waals surface area contributed by atoms with E-state index in [4.69, 9.17) is 12.2 Å². The van der Waals surface area contributed by atoms with Gasteiger partial charge in [-0.25, -0.2) is 17.6 Å². The lowest BCUT2D eigenvalue weighted by Gasteiger charge is -2.11. The van der Waals surface area contributed by atoms with Crippen LogP contribution in [0.1, 0.15) is 0 Å². The molecule has 104 valence electrons. The number of halogens is 4. The van der Waals surface area contributed by atoms with E-state index in [0.717, 1.165) is 18.2 Å². The molecule has 0 atom stereocenters. The van der Waals surface area contributed by atoms with Gasteiger partial charge in [-0.3, -0.25) is 0 Å². The Balaban J connectivity index is 2.07. The highest BCUT2D eigenvalue weighted by Gasteiger charge is 2.07. The summed E-state index contributed by atoms with van der Waals surface area (Å²) in [6, 6.07) is 6.04. The summed E-state index contributed by atoms with van der Waals surface area (Å²) in [5, 5.41) is 5.00. The minimum absolute atomic E-state index is 0.0357. The molecule has 0 aliphatic carbocycles. The van der Waals surface area contributed by atoms with E-state index in [1.807, 2.05) is 0 Å². The lowest BCUT2D eigenvalue weighted by atomic mass is 10.3. The van der Waals surface area contributed by atoms with Gasteiger partial charge in [0, 0.05) is 17.8 Å². The molecule has 0 fully saturated rings. The molecule has 2 N–H and O–H groups in total. The molecule has 0 saturated carbocycles. The van der Waals surface area contributed by atoms with E-state index in [-0.39, 0.29) is 16.5 Å². The van der Waals surface area contributed by atoms with Crippen LogP contribution >= 0.6 is 12.2 Å². The first-order valence-electron chi connectivity index (χ1n) is 5.44. The average Bonchev–Trinajstić information content (AvgIpc) is 2.37. The second kappa shape index (κ2) is 5.87. The highest BCUT2D eigenvalue weighted by Crippen LogP contribution is 2.17. The van der Waals surface area contributed by atoms with Crippen molar-refractivity contribution in [2.75, 3.05) is 10.6 Å². The molecule has 2 rings (SSSR count). The predicted octanol–water partition coefficient (Wildman–Crippen LogP) is 4.05. The fourth-order valence-corrected chi connectivity index (χ4v) is 1.68. The van der Waals surface area contributed by atoms with Gasteiger partial charge in [-0.1, -0.05) is 0 Å². The first-order valence-corrected chi connectivity index (χ1v) is 5.84. The first kappa shape index (κ1) is 14.3. The number of hydrogen-bond donors (Lipinski definition) is 2. The molecule has 0 aliphatic rings. The van der Waals surface area contributed by atoms with Crippen molar-refractivity contribution in [3.05, 3.63) is 59.7 Å². The second-order valence-electron chi connectivity index (χ2n) is 3.83. The van der Waals surface area contributed by atoms with Gasteiger partial charge in [0.15, 0.2) is 16.7 Å². The van der Waals surface area contributed by atoms with Gasteiger partial charge in [0.2, 0.25) is 0 Å². The van der Waals surface area contributed by atoms with Crippen molar-refractivity contribution < 1.29 is 17.6 Å². The summed E-state index contributed by atoms with van der Waals surface area (Å²) in [6.07, 6.45) is 0. The molecule has 0 bridgehead atoms. The van der Waals surface area contributed by atoms with Crippen LogP contribution in [0.5, 0.6) is 0 Å². The Morgan fingerprint density at radius 1 is 0.800 bits per heavy atom. The van der Waals surface area contributed by atoms with E-state index < -0.39 is 23.3 Å². The zero-order chi connectivity index (χ0) is 14.7. The molecule has 0 spiro atoms. The Kier molecular flexibility index (Phi) is 4.19. The zero-order valence-electron chi connectivity index (χ0n) is 9.88. The van der Waals surface area contributed by atoms with Gasteiger partial charge < -0.3 is 10.6 Å². The lowest BCUT2D eigenvalue weighted by molar-refractivity contribution is 0.509. The van der Waals surface area contributed by atoms with Gasteiger partial charge in [-0.05, 0) is 36.5 Å². The Hall–Kier alpha value is -2.15. The van der Waals surface area contributed by atoms with Crippen LogP contribution in [0.3, 0.4) is 0 Å². The minimum atomic E-state index is -1.04. The molecule has 0 amide bonds. The summed E-state index contributed by atoms with van der Waals surface area (Å²) in [5.74, 6) is -3.56. The molecule has 2 nitrogen and oxygen atoms in total. The van der Waals surface area contributed by atoms with E-state index in [1.165, 1.54) is 12.1 Å². The highest BCUT2D eigenvalue weighted by atomic mass is 32.1. The number of anilines is 2. The van der Waals surface area contributed by atoms with Gasteiger partial charge >= 0.3 is 0 Å². The lowest BCUT2D eigenvalue weighted by Crippen LogP contribution is -2.20. The maximum absolute atomic E-state index is 13.4. The van der Waals surface area contributed by atoms with Crippen LogP contribution in [0.4, 0.5) is 28.9 Å². The van der Waals surface area contributed by atoms with Crippen molar-refractivity contribution in [2.24, 2.45) is 0 Å². The van der Waals surface area contributed by atoms with E-state index in [2.05, 4.69) is 10.6 Å². The molecule has 0 saturated heterocycles. The third kappa shape index (κ3) is 3.45. The van der Waals surface area contributed by atoms with E-state index in [9.17, 15) is 17.6 Å². The Morgan fingerprint density at radius 3 is 2.20 bits per heavy atom. The van der Waals surface area contributed by atoms with Gasteiger partial charge in [0.25, 0.3) is 0 Å². The number of benzene rings is 2. The third-order valence-corrected chi connectivity index (χ3v) is 2.56. The van der Waals surface area contributed by atoms with Crippen LogP contribution in [0, 0.1) is 23.3 Å². The molecule has 0 heterocycles. The van der Waals surface area contributed by atoms with Crippen molar-refractivity contribution in [3.63, 3.8) is 0 Å². The topological polar surface area (TPSA) is 24.1 Å². The van der Waals surface area contributed by atoms with Crippen LogP contribution in [0.15, 0.2) is 36.4 Å². The number of thiocarbonyl (C=S) groups is 1. The Labute approximate surface area is 117 Å². The third-order valence-electron chi connectivity index (χ3n) is 2.36. The fourth-order valence-electron chi connectivity index (χ4n) is 1.45. The average molecular weight is 300 g/mol. The monoisotopic (exact) mass is 300 g/mol. The maximum Gasteiger partial charge on any atom is 0.175 e. The molecule has 0 radical (unpaired) electrons. The first-order chi connectivity index (χ1) is 9.45. The molecule has 0 unspecified atom stereocenters. The fraction of sp³-hybridized carbons (Fsp3) is 0. The molecule has 7 heteroatoms. The molecule has 2 aromatic carbocycles. The van der Waals surface area contributed by atoms with E-state index in [1.54, 1.807) is 0 Å². The summed E-state index contributed by atoms with van der Waals surface area (Å²) in [4.78, 5) is 0. The smallest absolute Gasteiger partial charge is 0.175 e. The Morgan fingerprint density at radius 2 is 1.55 bits per heavy atom. The summed E-state index contributed by atoms with van der Waals surface area (Å²) in [7, 11) is 0.